The number of carbonyl (C=O) groups is 1. The van der Waals surface area contributed by atoms with E-state index >= 15 is 0 Å². The molecule has 0 spiro atoms. The van der Waals surface area contributed by atoms with Crippen LogP contribution in [-0.2, 0) is 0 Å². The molecule has 1 aliphatic heterocycles. The number of nitrogens with zero attached hydrogens (tertiary/aromatic N) is 3. The first-order chi connectivity index (χ1) is 11.2. The SMILES string of the molecule is O=C(NC1CCN(C2CC2)C1)c1cc(F)ccc1-n1cccn1. The van der Waals surface area contributed by atoms with Crippen LogP contribution in [0.4, 0.5) is 4.39 Å². The highest BCUT2D eigenvalue weighted by molar-refractivity contribution is 5.98. The molecule has 1 amide bonds. The summed E-state index contributed by atoms with van der Waals surface area (Å²) in [5, 5.41) is 7.19. The second-order valence-electron chi connectivity index (χ2n) is 6.30. The van der Waals surface area contributed by atoms with Crippen LogP contribution in [0.3, 0.4) is 0 Å². The first kappa shape index (κ1) is 14.4. The molecule has 0 radical (unpaired) electrons. The number of carbonyl (C=O) groups excluding carboxylic acids is 1. The third kappa shape index (κ3) is 2.99. The molecule has 5 nitrogen and oxygen atoms in total. The number of amides is 1. The Hall–Kier alpha value is -2.21. The zero-order chi connectivity index (χ0) is 15.8. The fourth-order valence-electron chi connectivity index (χ4n) is 3.24. The number of benzene rings is 1. The van der Waals surface area contributed by atoms with Gasteiger partial charge in [0.2, 0.25) is 0 Å². The van der Waals surface area contributed by atoms with Crippen molar-refractivity contribution in [3.63, 3.8) is 0 Å². The molecule has 1 unspecified atom stereocenters. The van der Waals surface area contributed by atoms with E-state index in [4.69, 9.17) is 0 Å². The van der Waals surface area contributed by atoms with Gasteiger partial charge < -0.3 is 5.32 Å². The summed E-state index contributed by atoms with van der Waals surface area (Å²) in [6, 6.07) is 6.83. The van der Waals surface area contributed by atoms with Gasteiger partial charge >= 0.3 is 0 Å². The van der Waals surface area contributed by atoms with Gasteiger partial charge in [-0.3, -0.25) is 9.69 Å². The average molecular weight is 314 g/mol. The molecule has 2 aliphatic rings. The molecule has 1 aromatic heterocycles. The largest absolute Gasteiger partial charge is 0.348 e. The highest BCUT2D eigenvalue weighted by Crippen LogP contribution is 2.30. The van der Waals surface area contributed by atoms with Gasteiger partial charge in [0.1, 0.15) is 5.82 Å². The number of rotatable bonds is 4. The minimum absolute atomic E-state index is 0.136. The zero-order valence-corrected chi connectivity index (χ0v) is 12.8. The van der Waals surface area contributed by atoms with Gasteiger partial charge in [0.15, 0.2) is 0 Å². The molecule has 2 fully saturated rings. The second kappa shape index (κ2) is 5.77. The lowest BCUT2D eigenvalue weighted by molar-refractivity contribution is 0.0937. The van der Waals surface area contributed by atoms with Gasteiger partial charge in [0, 0.05) is 37.6 Å². The molecule has 2 aromatic rings. The fourth-order valence-corrected chi connectivity index (χ4v) is 3.24. The van der Waals surface area contributed by atoms with Crippen molar-refractivity contribution in [1.82, 2.24) is 20.0 Å². The predicted octanol–water partition coefficient (Wildman–Crippen LogP) is 1.98. The molecule has 1 atom stereocenters. The third-order valence-electron chi connectivity index (χ3n) is 4.57. The van der Waals surface area contributed by atoms with Gasteiger partial charge in [0.05, 0.1) is 11.3 Å². The molecule has 1 aliphatic carbocycles. The Morgan fingerprint density at radius 1 is 1.30 bits per heavy atom. The maximum absolute atomic E-state index is 13.6. The van der Waals surface area contributed by atoms with Crippen molar-refractivity contribution in [2.45, 2.75) is 31.3 Å². The van der Waals surface area contributed by atoms with Crippen LogP contribution in [0, 0.1) is 5.82 Å². The Labute approximate surface area is 134 Å². The van der Waals surface area contributed by atoms with Gasteiger partial charge in [-0.15, -0.1) is 0 Å². The summed E-state index contributed by atoms with van der Waals surface area (Å²) in [4.78, 5) is 15.1. The zero-order valence-electron chi connectivity index (χ0n) is 12.8. The van der Waals surface area contributed by atoms with E-state index in [1.165, 1.54) is 25.0 Å². The maximum atomic E-state index is 13.6. The van der Waals surface area contributed by atoms with Gasteiger partial charge in [0.25, 0.3) is 5.91 Å². The molecule has 2 heterocycles. The number of halogens is 1. The summed E-state index contributed by atoms with van der Waals surface area (Å²) >= 11 is 0. The van der Waals surface area contributed by atoms with Crippen molar-refractivity contribution in [3.8, 4) is 5.69 Å². The summed E-state index contributed by atoms with van der Waals surface area (Å²) in [6.07, 6.45) is 6.88. The summed E-state index contributed by atoms with van der Waals surface area (Å²) in [6.45, 7) is 1.92. The van der Waals surface area contributed by atoms with E-state index in [0.29, 0.717) is 17.3 Å². The Morgan fingerprint density at radius 3 is 2.91 bits per heavy atom. The monoisotopic (exact) mass is 314 g/mol. The molecule has 120 valence electrons. The van der Waals surface area contributed by atoms with Crippen LogP contribution in [0.5, 0.6) is 0 Å². The van der Waals surface area contributed by atoms with Gasteiger partial charge in [-0.1, -0.05) is 0 Å². The highest BCUT2D eigenvalue weighted by Gasteiger charge is 2.35. The number of hydrogen-bond acceptors (Lipinski definition) is 3. The molecule has 6 heteroatoms. The van der Waals surface area contributed by atoms with Crippen LogP contribution in [0.15, 0.2) is 36.7 Å². The number of hydrogen-bond donors (Lipinski definition) is 1. The van der Waals surface area contributed by atoms with E-state index in [9.17, 15) is 9.18 Å². The maximum Gasteiger partial charge on any atom is 0.253 e. The Balaban J connectivity index is 1.52. The molecule has 0 bridgehead atoms. The summed E-state index contributed by atoms with van der Waals surface area (Å²) < 4.78 is 15.2. The first-order valence-electron chi connectivity index (χ1n) is 8.05. The fraction of sp³-hybridized carbons (Fsp3) is 0.412. The molecule has 1 N–H and O–H groups in total. The Kier molecular flexibility index (Phi) is 3.61. The highest BCUT2D eigenvalue weighted by atomic mass is 19.1. The molecule has 1 aromatic carbocycles. The number of aromatic nitrogens is 2. The molecular weight excluding hydrogens is 295 g/mol. The first-order valence-corrected chi connectivity index (χ1v) is 8.05. The van der Waals surface area contributed by atoms with E-state index in [-0.39, 0.29) is 11.9 Å². The van der Waals surface area contributed by atoms with Crippen LogP contribution < -0.4 is 5.32 Å². The topological polar surface area (TPSA) is 50.2 Å². The van der Waals surface area contributed by atoms with Crippen LogP contribution in [0.2, 0.25) is 0 Å². The summed E-state index contributed by atoms with van der Waals surface area (Å²) in [5.41, 5.74) is 0.907. The molecule has 23 heavy (non-hydrogen) atoms. The van der Waals surface area contributed by atoms with Gasteiger partial charge in [-0.05, 0) is 43.5 Å². The van der Waals surface area contributed by atoms with E-state index in [1.54, 1.807) is 29.2 Å². The van der Waals surface area contributed by atoms with Crippen LogP contribution in [-0.4, -0.2) is 45.8 Å². The standard InChI is InChI=1S/C17H19FN4O/c18-12-2-5-16(22-8-1-7-19-22)15(10-12)17(23)20-13-6-9-21(11-13)14-3-4-14/h1-2,5,7-8,10,13-14H,3-4,6,9,11H2,(H,20,23). The van der Waals surface area contributed by atoms with Crippen molar-refractivity contribution in [3.05, 3.63) is 48.0 Å². The van der Waals surface area contributed by atoms with Crippen molar-refractivity contribution < 1.29 is 9.18 Å². The van der Waals surface area contributed by atoms with Crippen molar-refractivity contribution in [1.29, 1.82) is 0 Å². The third-order valence-corrected chi connectivity index (χ3v) is 4.57. The van der Waals surface area contributed by atoms with E-state index < -0.39 is 5.82 Å². The Bertz CT molecular complexity index is 711. The van der Waals surface area contributed by atoms with Crippen molar-refractivity contribution in [2.24, 2.45) is 0 Å². The molecule has 4 rings (SSSR count). The normalized spacial score (nSPS) is 21.5. The average Bonchev–Trinajstić information content (AvgIpc) is 3.06. The number of likely N-dealkylation sites (tertiary alicyclic amines) is 1. The Morgan fingerprint density at radius 2 is 2.17 bits per heavy atom. The molecule has 1 saturated heterocycles. The van der Waals surface area contributed by atoms with Crippen LogP contribution in [0.1, 0.15) is 29.6 Å². The van der Waals surface area contributed by atoms with Crippen LogP contribution >= 0.6 is 0 Å². The van der Waals surface area contributed by atoms with Crippen molar-refractivity contribution in [2.75, 3.05) is 13.1 Å². The van der Waals surface area contributed by atoms with Crippen LogP contribution in [0.25, 0.3) is 5.69 Å². The van der Waals surface area contributed by atoms with Gasteiger partial charge in [-0.25, -0.2) is 9.07 Å². The minimum Gasteiger partial charge on any atom is -0.348 e. The van der Waals surface area contributed by atoms with Crippen molar-refractivity contribution >= 4 is 5.91 Å². The smallest absolute Gasteiger partial charge is 0.253 e. The summed E-state index contributed by atoms with van der Waals surface area (Å²) in [5.74, 6) is -0.658. The lowest BCUT2D eigenvalue weighted by Gasteiger charge is -2.17. The number of nitrogens with one attached hydrogen (secondary N) is 1. The predicted molar refractivity (Wildman–Crippen MR) is 84.0 cm³/mol. The molecular formula is C17H19FN4O. The lowest BCUT2D eigenvalue weighted by atomic mass is 10.1. The van der Waals surface area contributed by atoms with E-state index in [1.807, 2.05) is 0 Å². The lowest BCUT2D eigenvalue weighted by Crippen LogP contribution is -2.38. The van der Waals surface area contributed by atoms with E-state index in [2.05, 4.69) is 15.3 Å². The quantitative estimate of drug-likeness (QED) is 0.939. The minimum atomic E-state index is -0.419. The molecule has 1 saturated carbocycles. The summed E-state index contributed by atoms with van der Waals surface area (Å²) in [7, 11) is 0. The second-order valence-corrected chi connectivity index (χ2v) is 6.30. The van der Waals surface area contributed by atoms with Gasteiger partial charge in [-0.2, -0.15) is 5.10 Å². The van der Waals surface area contributed by atoms with E-state index in [0.717, 1.165) is 19.5 Å².